The molecule has 2 rings (SSSR count). The maximum Gasteiger partial charge on any atom is 0.122 e. The number of benzene rings is 1. The molecule has 4 nitrogen and oxygen atoms in total. The van der Waals surface area contributed by atoms with Crippen molar-refractivity contribution >= 4 is 29.0 Å². The summed E-state index contributed by atoms with van der Waals surface area (Å²) in [5.41, 5.74) is 7.39. The van der Waals surface area contributed by atoms with Gasteiger partial charge in [-0.1, -0.05) is 23.2 Å². The second kappa shape index (κ2) is 4.39. The molecule has 0 unspecified atom stereocenters. The van der Waals surface area contributed by atoms with Crippen LogP contribution in [0.4, 0.5) is 0 Å². The highest BCUT2D eigenvalue weighted by molar-refractivity contribution is 6.33. The lowest BCUT2D eigenvalue weighted by Crippen LogP contribution is -2.11. The van der Waals surface area contributed by atoms with E-state index in [0.717, 1.165) is 5.69 Å². The van der Waals surface area contributed by atoms with Crippen molar-refractivity contribution in [3.05, 3.63) is 45.7 Å². The molecule has 0 fully saturated rings. The average molecular weight is 269 g/mol. The fraction of sp³-hybridized carbons (Fsp3) is 0.0909. The number of aryl methyl sites for hydroxylation is 1. The van der Waals surface area contributed by atoms with E-state index in [1.54, 1.807) is 29.1 Å². The van der Waals surface area contributed by atoms with E-state index in [-0.39, 0.29) is 5.84 Å². The summed E-state index contributed by atoms with van der Waals surface area (Å²) in [5, 5.41) is 12.6. The summed E-state index contributed by atoms with van der Waals surface area (Å²) in [6, 6.07) is 5.10. The molecule has 0 spiro atoms. The predicted octanol–water partition coefficient (Wildman–Crippen LogP) is 2.77. The molecule has 0 amide bonds. The van der Waals surface area contributed by atoms with Crippen LogP contribution in [0.2, 0.25) is 10.0 Å². The van der Waals surface area contributed by atoms with Crippen molar-refractivity contribution in [3.63, 3.8) is 0 Å². The van der Waals surface area contributed by atoms with E-state index in [2.05, 4.69) is 5.10 Å². The quantitative estimate of drug-likeness (QED) is 0.650. The minimum absolute atomic E-state index is 0.0203. The average Bonchev–Trinajstić information content (AvgIpc) is 2.58. The number of nitrogens with two attached hydrogens (primary N) is 1. The SMILES string of the molecule is Cc1nn(-c2ccc(C(=N)N)cc2Cl)cc1Cl. The first-order valence-corrected chi connectivity index (χ1v) is 5.60. The number of nitrogen functional groups attached to an aromatic ring is 1. The van der Waals surface area contributed by atoms with Gasteiger partial charge in [-0.05, 0) is 25.1 Å². The molecule has 0 saturated carbocycles. The van der Waals surface area contributed by atoms with Crippen LogP contribution in [0.3, 0.4) is 0 Å². The van der Waals surface area contributed by atoms with Gasteiger partial charge in [-0.25, -0.2) is 4.68 Å². The van der Waals surface area contributed by atoms with Gasteiger partial charge in [-0.3, -0.25) is 5.41 Å². The third-order valence-electron chi connectivity index (χ3n) is 2.34. The number of hydrogen-bond acceptors (Lipinski definition) is 2. The summed E-state index contributed by atoms with van der Waals surface area (Å²) >= 11 is 12.0. The summed E-state index contributed by atoms with van der Waals surface area (Å²) in [6.45, 7) is 1.82. The van der Waals surface area contributed by atoms with Crippen LogP contribution >= 0.6 is 23.2 Å². The van der Waals surface area contributed by atoms with Gasteiger partial charge in [0.05, 0.1) is 21.4 Å². The Kier molecular flexibility index (Phi) is 3.09. The molecular weight excluding hydrogens is 259 g/mol. The lowest BCUT2D eigenvalue weighted by molar-refractivity contribution is 0.863. The fourth-order valence-corrected chi connectivity index (χ4v) is 1.82. The molecule has 88 valence electrons. The van der Waals surface area contributed by atoms with Gasteiger partial charge >= 0.3 is 0 Å². The number of rotatable bonds is 2. The summed E-state index contributed by atoms with van der Waals surface area (Å²) < 4.78 is 1.60. The minimum Gasteiger partial charge on any atom is -0.384 e. The zero-order valence-corrected chi connectivity index (χ0v) is 10.5. The first kappa shape index (κ1) is 12.0. The standard InChI is InChI=1S/C11H10Cl2N4/c1-6-9(13)5-17(16-6)10-3-2-7(11(14)15)4-8(10)12/h2-5H,1H3,(H3,14,15). The Hall–Kier alpha value is -1.52. The van der Waals surface area contributed by atoms with E-state index >= 15 is 0 Å². The Morgan fingerprint density at radius 3 is 2.53 bits per heavy atom. The van der Waals surface area contributed by atoms with Crippen LogP contribution in [-0.2, 0) is 0 Å². The second-order valence-corrected chi connectivity index (χ2v) is 4.40. The first-order chi connectivity index (χ1) is 7.99. The zero-order chi connectivity index (χ0) is 12.6. The predicted molar refractivity (Wildman–Crippen MR) is 69.3 cm³/mol. The molecule has 1 aromatic carbocycles. The van der Waals surface area contributed by atoms with Crippen LogP contribution in [0.25, 0.3) is 5.69 Å². The topological polar surface area (TPSA) is 67.7 Å². The molecule has 0 saturated heterocycles. The van der Waals surface area contributed by atoms with Crippen LogP contribution in [0.1, 0.15) is 11.3 Å². The highest BCUT2D eigenvalue weighted by atomic mass is 35.5. The summed E-state index contributed by atoms with van der Waals surface area (Å²) in [6.07, 6.45) is 1.69. The smallest absolute Gasteiger partial charge is 0.122 e. The van der Waals surface area contributed by atoms with E-state index in [1.807, 2.05) is 6.92 Å². The Bertz CT molecular complexity index is 570. The molecule has 0 bridgehead atoms. The normalized spacial score (nSPS) is 10.5. The van der Waals surface area contributed by atoms with Gasteiger partial charge in [0.15, 0.2) is 0 Å². The number of amidine groups is 1. The summed E-state index contributed by atoms with van der Waals surface area (Å²) in [5.74, 6) is -0.0203. The molecule has 1 aromatic heterocycles. The number of hydrogen-bond donors (Lipinski definition) is 2. The first-order valence-electron chi connectivity index (χ1n) is 4.85. The largest absolute Gasteiger partial charge is 0.384 e. The van der Waals surface area contributed by atoms with Gasteiger partial charge in [-0.15, -0.1) is 0 Å². The Balaban J connectivity index is 2.50. The van der Waals surface area contributed by atoms with E-state index in [0.29, 0.717) is 21.3 Å². The van der Waals surface area contributed by atoms with Crippen LogP contribution < -0.4 is 5.73 Å². The number of nitrogens with zero attached hydrogens (tertiary/aromatic N) is 2. The lowest BCUT2D eigenvalue weighted by Gasteiger charge is -2.06. The van der Waals surface area contributed by atoms with Gasteiger partial charge < -0.3 is 5.73 Å². The molecule has 6 heteroatoms. The van der Waals surface area contributed by atoms with Crippen LogP contribution in [-0.4, -0.2) is 15.6 Å². The fourth-order valence-electron chi connectivity index (χ4n) is 1.42. The molecule has 17 heavy (non-hydrogen) atoms. The van der Waals surface area contributed by atoms with Crippen LogP contribution in [0, 0.1) is 12.3 Å². The van der Waals surface area contributed by atoms with Crippen LogP contribution in [0.15, 0.2) is 24.4 Å². The van der Waals surface area contributed by atoms with Crippen molar-refractivity contribution in [2.24, 2.45) is 5.73 Å². The third kappa shape index (κ3) is 2.28. The zero-order valence-electron chi connectivity index (χ0n) is 9.04. The minimum atomic E-state index is -0.0203. The van der Waals surface area contributed by atoms with Crippen LogP contribution in [0.5, 0.6) is 0 Å². The number of halogens is 2. The monoisotopic (exact) mass is 268 g/mol. The van der Waals surface area contributed by atoms with Gasteiger partial charge in [0.25, 0.3) is 0 Å². The number of aromatic nitrogens is 2. The third-order valence-corrected chi connectivity index (χ3v) is 3.02. The Morgan fingerprint density at radius 1 is 1.35 bits per heavy atom. The van der Waals surface area contributed by atoms with E-state index < -0.39 is 0 Å². The molecular formula is C11H10Cl2N4. The maximum atomic E-state index is 7.32. The molecule has 3 N–H and O–H groups in total. The molecule has 1 heterocycles. The Morgan fingerprint density at radius 2 is 2.06 bits per heavy atom. The van der Waals surface area contributed by atoms with Gasteiger partial charge in [-0.2, -0.15) is 5.10 Å². The molecule has 2 aromatic rings. The second-order valence-electron chi connectivity index (χ2n) is 3.59. The van der Waals surface area contributed by atoms with Crippen molar-refractivity contribution in [3.8, 4) is 5.69 Å². The molecule has 0 aliphatic rings. The van der Waals surface area contributed by atoms with Crippen molar-refractivity contribution in [1.82, 2.24) is 9.78 Å². The van der Waals surface area contributed by atoms with Crippen molar-refractivity contribution < 1.29 is 0 Å². The molecule has 0 aliphatic heterocycles. The molecule has 0 aliphatic carbocycles. The molecule has 0 radical (unpaired) electrons. The Labute approximate surface area is 108 Å². The van der Waals surface area contributed by atoms with E-state index in [1.165, 1.54) is 0 Å². The summed E-state index contributed by atoms with van der Waals surface area (Å²) in [4.78, 5) is 0. The molecule has 0 atom stereocenters. The van der Waals surface area contributed by atoms with E-state index in [9.17, 15) is 0 Å². The lowest BCUT2D eigenvalue weighted by atomic mass is 10.2. The van der Waals surface area contributed by atoms with E-state index in [4.69, 9.17) is 34.3 Å². The van der Waals surface area contributed by atoms with Crippen molar-refractivity contribution in [2.75, 3.05) is 0 Å². The maximum absolute atomic E-state index is 7.32. The van der Waals surface area contributed by atoms with Crippen molar-refractivity contribution in [1.29, 1.82) is 5.41 Å². The summed E-state index contributed by atoms with van der Waals surface area (Å²) in [7, 11) is 0. The number of nitrogens with one attached hydrogen (secondary N) is 1. The highest BCUT2D eigenvalue weighted by Crippen LogP contribution is 2.23. The highest BCUT2D eigenvalue weighted by Gasteiger charge is 2.09. The van der Waals surface area contributed by atoms with Gasteiger partial charge in [0.1, 0.15) is 5.84 Å². The van der Waals surface area contributed by atoms with Gasteiger partial charge in [0.2, 0.25) is 0 Å². The van der Waals surface area contributed by atoms with Crippen molar-refractivity contribution in [2.45, 2.75) is 6.92 Å². The van der Waals surface area contributed by atoms with Gasteiger partial charge in [0, 0.05) is 11.8 Å².